The summed E-state index contributed by atoms with van der Waals surface area (Å²) in [7, 11) is 0. The summed E-state index contributed by atoms with van der Waals surface area (Å²) in [5, 5.41) is 10.7. The average Bonchev–Trinajstić information content (AvgIpc) is 3.21. The van der Waals surface area contributed by atoms with Crippen LogP contribution >= 0.6 is 11.3 Å². The summed E-state index contributed by atoms with van der Waals surface area (Å²) in [5.74, 6) is 0.775. The van der Waals surface area contributed by atoms with E-state index in [0.717, 1.165) is 42.4 Å². The third-order valence-corrected chi connectivity index (χ3v) is 6.53. The highest BCUT2D eigenvalue weighted by Crippen LogP contribution is 2.46. The first-order chi connectivity index (χ1) is 11.6. The molecular weight excluding hydrogens is 316 g/mol. The standard InChI is InChI=1S/C21H22O2S/c1-3-13-5-6-14(18-9-4-12(2)24-18)11-17(13)19-20(22)15-7-8-16(10-15)21(19)23/h4-6,9,11,15-16,22H,3,7-8,10H2,1-2H3. The molecule has 1 fully saturated rings. The highest BCUT2D eigenvalue weighted by molar-refractivity contribution is 7.15. The van der Waals surface area contributed by atoms with E-state index in [2.05, 4.69) is 44.2 Å². The van der Waals surface area contributed by atoms with Crippen molar-refractivity contribution in [2.24, 2.45) is 11.8 Å². The van der Waals surface area contributed by atoms with Gasteiger partial charge in [0.2, 0.25) is 0 Å². The molecule has 1 aromatic heterocycles. The van der Waals surface area contributed by atoms with E-state index in [1.165, 1.54) is 9.75 Å². The number of allylic oxidation sites excluding steroid dienone is 2. The molecule has 0 saturated heterocycles. The fourth-order valence-corrected chi connectivity index (χ4v) is 5.00. The Morgan fingerprint density at radius 3 is 2.67 bits per heavy atom. The number of benzene rings is 1. The first-order valence-corrected chi connectivity index (χ1v) is 9.57. The molecule has 0 spiro atoms. The topological polar surface area (TPSA) is 37.3 Å². The number of carbonyl (C=O) groups is 1. The molecule has 2 aliphatic carbocycles. The van der Waals surface area contributed by atoms with Crippen LogP contribution in [0.1, 0.15) is 42.2 Å². The highest BCUT2D eigenvalue weighted by Gasteiger charge is 2.41. The van der Waals surface area contributed by atoms with E-state index < -0.39 is 0 Å². The molecule has 2 bridgehead atoms. The van der Waals surface area contributed by atoms with Crippen LogP contribution in [-0.4, -0.2) is 10.9 Å². The van der Waals surface area contributed by atoms with Crippen LogP contribution in [0.2, 0.25) is 0 Å². The van der Waals surface area contributed by atoms with Crippen LogP contribution in [0.15, 0.2) is 36.1 Å². The molecular formula is C21H22O2S. The molecule has 2 aliphatic rings. The molecule has 2 aromatic rings. The number of hydrogen-bond donors (Lipinski definition) is 1. The van der Waals surface area contributed by atoms with E-state index in [1.54, 1.807) is 11.3 Å². The number of fused-ring (bicyclic) bond motifs is 2. The molecule has 1 N–H and O–H groups in total. The lowest BCUT2D eigenvalue weighted by Gasteiger charge is -2.23. The Hall–Kier alpha value is -1.87. The molecule has 0 aliphatic heterocycles. The SMILES string of the molecule is CCc1ccc(-c2ccc(C)s2)cc1C1=C(O)C2CCC(C2)C1=O. The van der Waals surface area contributed by atoms with E-state index in [4.69, 9.17) is 0 Å². The minimum absolute atomic E-state index is 0.109. The van der Waals surface area contributed by atoms with Crippen LogP contribution in [0.3, 0.4) is 0 Å². The number of carbonyl (C=O) groups excluding carboxylic acids is 1. The third kappa shape index (κ3) is 2.42. The average molecular weight is 338 g/mol. The van der Waals surface area contributed by atoms with Crippen molar-refractivity contribution >= 4 is 22.7 Å². The van der Waals surface area contributed by atoms with E-state index in [0.29, 0.717) is 11.3 Å². The fraction of sp³-hybridized carbons (Fsp3) is 0.381. The summed E-state index contributed by atoms with van der Waals surface area (Å²) < 4.78 is 0. The van der Waals surface area contributed by atoms with Gasteiger partial charge in [-0.2, -0.15) is 0 Å². The third-order valence-electron chi connectivity index (χ3n) is 5.48. The van der Waals surface area contributed by atoms with E-state index >= 15 is 0 Å². The predicted octanol–water partition coefficient (Wildman–Crippen LogP) is 5.55. The quantitative estimate of drug-likeness (QED) is 0.796. The zero-order valence-electron chi connectivity index (χ0n) is 14.1. The number of hydrogen-bond acceptors (Lipinski definition) is 3. The van der Waals surface area contributed by atoms with E-state index in [-0.39, 0.29) is 17.6 Å². The second-order valence-electron chi connectivity index (χ2n) is 6.97. The smallest absolute Gasteiger partial charge is 0.169 e. The second-order valence-corrected chi connectivity index (χ2v) is 8.26. The fourth-order valence-electron chi connectivity index (χ4n) is 4.13. The maximum Gasteiger partial charge on any atom is 0.169 e. The molecule has 2 unspecified atom stereocenters. The van der Waals surface area contributed by atoms with Crippen molar-refractivity contribution in [1.29, 1.82) is 0 Å². The van der Waals surface area contributed by atoms with Gasteiger partial charge in [0.25, 0.3) is 0 Å². The lowest BCUT2D eigenvalue weighted by molar-refractivity contribution is -0.117. The molecule has 0 amide bonds. The summed E-state index contributed by atoms with van der Waals surface area (Å²) in [6, 6.07) is 10.6. The van der Waals surface area contributed by atoms with Gasteiger partial charge in [-0.05, 0) is 67.5 Å². The van der Waals surface area contributed by atoms with Gasteiger partial charge >= 0.3 is 0 Å². The van der Waals surface area contributed by atoms with Crippen LogP contribution in [0.4, 0.5) is 0 Å². The Bertz CT molecular complexity index is 843. The van der Waals surface area contributed by atoms with Gasteiger partial charge < -0.3 is 5.11 Å². The Balaban J connectivity index is 1.87. The monoisotopic (exact) mass is 338 g/mol. The zero-order valence-corrected chi connectivity index (χ0v) is 15.0. The zero-order chi connectivity index (χ0) is 16.8. The summed E-state index contributed by atoms with van der Waals surface area (Å²) >= 11 is 1.76. The first-order valence-electron chi connectivity index (χ1n) is 8.76. The van der Waals surface area contributed by atoms with Crippen molar-refractivity contribution in [2.45, 2.75) is 39.5 Å². The maximum atomic E-state index is 12.9. The van der Waals surface area contributed by atoms with Gasteiger partial charge in [0.15, 0.2) is 5.78 Å². The van der Waals surface area contributed by atoms with Gasteiger partial charge in [-0.1, -0.05) is 19.1 Å². The second kappa shape index (κ2) is 5.89. The Kier molecular flexibility index (Phi) is 3.84. The molecule has 3 heteroatoms. The van der Waals surface area contributed by atoms with Crippen LogP contribution in [0.5, 0.6) is 0 Å². The van der Waals surface area contributed by atoms with Gasteiger partial charge in [-0.15, -0.1) is 11.3 Å². The van der Waals surface area contributed by atoms with Crippen LogP contribution in [0, 0.1) is 18.8 Å². The van der Waals surface area contributed by atoms with Crippen LogP contribution < -0.4 is 0 Å². The first kappa shape index (κ1) is 15.6. The van der Waals surface area contributed by atoms with Crippen molar-refractivity contribution in [3.05, 3.63) is 52.1 Å². The largest absolute Gasteiger partial charge is 0.511 e. The van der Waals surface area contributed by atoms with Gasteiger partial charge in [-0.3, -0.25) is 4.79 Å². The van der Waals surface area contributed by atoms with Gasteiger partial charge in [0.1, 0.15) is 5.76 Å². The number of ketones is 1. The van der Waals surface area contributed by atoms with Crippen LogP contribution in [0.25, 0.3) is 16.0 Å². The van der Waals surface area contributed by atoms with Crippen molar-refractivity contribution in [3.8, 4) is 10.4 Å². The maximum absolute atomic E-state index is 12.9. The molecule has 2 atom stereocenters. The minimum atomic E-state index is 0.109. The Labute approximate surface area is 146 Å². The van der Waals surface area contributed by atoms with Crippen molar-refractivity contribution in [1.82, 2.24) is 0 Å². The Morgan fingerprint density at radius 1 is 1.17 bits per heavy atom. The van der Waals surface area contributed by atoms with Crippen LogP contribution in [-0.2, 0) is 11.2 Å². The summed E-state index contributed by atoms with van der Waals surface area (Å²) in [5.41, 5.74) is 3.82. The number of rotatable bonds is 3. The summed E-state index contributed by atoms with van der Waals surface area (Å²) in [4.78, 5) is 15.4. The number of aliphatic hydroxyl groups excluding tert-OH is 1. The number of Topliss-reactive ketones (excluding diaryl/α,β-unsaturated/α-hetero) is 1. The molecule has 4 rings (SSSR count). The molecule has 1 heterocycles. The summed E-state index contributed by atoms with van der Waals surface area (Å²) in [6.45, 7) is 4.21. The lowest BCUT2D eigenvalue weighted by atomic mass is 9.81. The number of aliphatic hydroxyl groups is 1. The number of thiophene rings is 1. The van der Waals surface area contributed by atoms with E-state index in [1.807, 2.05) is 0 Å². The Morgan fingerprint density at radius 2 is 1.96 bits per heavy atom. The van der Waals surface area contributed by atoms with Gasteiger partial charge in [-0.25, -0.2) is 0 Å². The minimum Gasteiger partial charge on any atom is -0.511 e. The summed E-state index contributed by atoms with van der Waals surface area (Å²) in [6.07, 6.45) is 3.55. The van der Waals surface area contributed by atoms with E-state index in [9.17, 15) is 9.90 Å². The molecule has 1 aromatic carbocycles. The normalized spacial score (nSPS) is 23.2. The highest BCUT2D eigenvalue weighted by atomic mass is 32.1. The molecule has 0 radical (unpaired) electrons. The molecule has 2 nitrogen and oxygen atoms in total. The van der Waals surface area contributed by atoms with Gasteiger partial charge in [0, 0.05) is 21.6 Å². The molecule has 124 valence electrons. The van der Waals surface area contributed by atoms with Crippen molar-refractivity contribution < 1.29 is 9.90 Å². The predicted molar refractivity (Wildman–Crippen MR) is 99.3 cm³/mol. The lowest BCUT2D eigenvalue weighted by Crippen LogP contribution is -2.22. The van der Waals surface area contributed by atoms with Crippen molar-refractivity contribution in [3.63, 3.8) is 0 Å². The number of aryl methyl sites for hydroxylation is 2. The van der Waals surface area contributed by atoms with Gasteiger partial charge in [0.05, 0.1) is 5.57 Å². The molecule has 24 heavy (non-hydrogen) atoms. The van der Waals surface area contributed by atoms with Crippen molar-refractivity contribution in [2.75, 3.05) is 0 Å². The molecule has 1 saturated carbocycles.